The van der Waals surface area contributed by atoms with Gasteiger partial charge in [-0.1, -0.05) is 35.9 Å². The van der Waals surface area contributed by atoms with Crippen LogP contribution in [0.3, 0.4) is 0 Å². The zero-order chi connectivity index (χ0) is 17.3. The zero-order valence-corrected chi connectivity index (χ0v) is 13.7. The minimum absolute atomic E-state index is 0.0635. The lowest BCUT2D eigenvalue weighted by molar-refractivity contribution is -0.123. The molecule has 2 amide bonds. The number of carbonyl (C=O) groups is 2. The third-order valence-corrected chi connectivity index (χ3v) is 4.70. The van der Waals surface area contributed by atoms with Crippen molar-refractivity contribution in [1.82, 2.24) is 4.90 Å². The van der Waals surface area contributed by atoms with Crippen molar-refractivity contribution in [2.45, 2.75) is 6.54 Å². The van der Waals surface area contributed by atoms with Crippen LogP contribution in [0.1, 0.15) is 11.1 Å². The minimum atomic E-state index is -0.604. The monoisotopic (exact) mass is 365 g/mol. The summed E-state index contributed by atoms with van der Waals surface area (Å²) in [5.41, 5.74) is 0.264. The van der Waals surface area contributed by atoms with Crippen molar-refractivity contribution in [2.75, 3.05) is 0 Å². The Labute approximate surface area is 145 Å². The number of thioether (sulfide) groups is 1. The van der Waals surface area contributed by atoms with Crippen molar-refractivity contribution in [3.05, 3.63) is 75.2 Å². The molecule has 0 aliphatic carbocycles. The van der Waals surface area contributed by atoms with E-state index in [4.69, 9.17) is 11.6 Å². The molecule has 0 spiro atoms. The number of amides is 2. The van der Waals surface area contributed by atoms with Crippen molar-refractivity contribution in [1.29, 1.82) is 0 Å². The van der Waals surface area contributed by atoms with Gasteiger partial charge in [-0.3, -0.25) is 14.5 Å². The van der Waals surface area contributed by atoms with Crippen molar-refractivity contribution in [2.24, 2.45) is 0 Å². The van der Waals surface area contributed by atoms with Gasteiger partial charge >= 0.3 is 0 Å². The third kappa shape index (κ3) is 3.20. The summed E-state index contributed by atoms with van der Waals surface area (Å²) in [6.07, 6.45) is 1.31. The zero-order valence-electron chi connectivity index (χ0n) is 12.1. The SMILES string of the molecule is O=C1S/C(=C\c2ccccc2F)C(=O)N1Cc1c(F)cccc1Cl. The van der Waals surface area contributed by atoms with Crippen LogP contribution in [-0.2, 0) is 11.3 Å². The van der Waals surface area contributed by atoms with E-state index in [0.29, 0.717) is 11.8 Å². The predicted molar refractivity (Wildman–Crippen MR) is 89.3 cm³/mol. The van der Waals surface area contributed by atoms with Crippen molar-refractivity contribution >= 4 is 40.6 Å². The molecule has 1 heterocycles. The standard InChI is InChI=1S/C17H10ClF2NO2S/c18-12-5-3-7-14(20)11(12)9-21-16(22)15(24-17(21)23)8-10-4-1-2-6-13(10)19/h1-8H,9H2/b15-8-. The highest BCUT2D eigenvalue weighted by atomic mass is 35.5. The fourth-order valence-corrected chi connectivity index (χ4v) is 3.26. The number of hydrogen-bond donors (Lipinski definition) is 0. The molecule has 0 atom stereocenters. The van der Waals surface area contributed by atoms with Gasteiger partial charge in [0.05, 0.1) is 11.4 Å². The van der Waals surface area contributed by atoms with E-state index >= 15 is 0 Å². The van der Waals surface area contributed by atoms with E-state index in [1.807, 2.05) is 0 Å². The second-order valence-corrected chi connectivity index (χ2v) is 6.39. The molecule has 24 heavy (non-hydrogen) atoms. The van der Waals surface area contributed by atoms with Crippen LogP contribution in [0, 0.1) is 11.6 Å². The lowest BCUT2D eigenvalue weighted by Crippen LogP contribution is -2.28. The molecule has 1 aliphatic rings. The Morgan fingerprint density at radius 2 is 1.75 bits per heavy atom. The van der Waals surface area contributed by atoms with Crippen molar-refractivity contribution in [3.63, 3.8) is 0 Å². The first-order chi connectivity index (χ1) is 11.5. The maximum atomic E-state index is 13.9. The van der Waals surface area contributed by atoms with Crippen LogP contribution in [0.25, 0.3) is 6.08 Å². The smallest absolute Gasteiger partial charge is 0.268 e. The molecule has 1 aliphatic heterocycles. The quantitative estimate of drug-likeness (QED) is 0.729. The summed E-state index contributed by atoms with van der Waals surface area (Å²) in [6, 6.07) is 10.0. The molecule has 3 rings (SSSR count). The number of carbonyl (C=O) groups excluding carboxylic acids is 2. The van der Waals surface area contributed by atoms with Gasteiger partial charge in [0, 0.05) is 16.1 Å². The topological polar surface area (TPSA) is 37.4 Å². The van der Waals surface area contributed by atoms with Gasteiger partial charge in [0.2, 0.25) is 0 Å². The summed E-state index contributed by atoms with van der Waals surface area (Å²) in [5.74, 6) is -1.70. The molecule has 7 heteroatoms. The number of hydrogen-bond acceptors (Lipinski definition) is 3. The number of rotatable bonds is 3. The van der Waals surface area contributed by atoms with Crippen molar-refractivity contribution < 1.29 is 18.4 Å². The molecule has 0 N–H and O–H groups in total. The summed E-state index contributed by atoms with van der Waals surface area (Å²) in [5, 5.41) is -0.422. The maximum Gasteiger partial charge on any atom is 0.293 e. The Morgan fingerprint density at radius 1 is 1.04 bits per heavy atom. The molecule has 0 bridgehead atoms. The Balaban J connectivity index is 1.89. The van der Waals surface area contributed by atoms with Crippen LogP contribution in [0.15, 0.2) is 47.4 Å². The van der Waals surface area contributed by atoms with Crippen molar-refractivity contribution in [3.8, 4) is 0 Å². The van der Waals surface area contributed by atoms with E-state index in [2.05, 4.69) is 0 Å². The molecule has 0 aromatic heterocycles. The lowest BCUT2D eigenvalue weighted by Gasteiger charge is -2.14. The molecule has 0 radical (unpaired) electrons. The number of benzene rings is 2. The first-order valence-corrected chi connectivity index (χ1v) is 8.09. The first-order valence-electron chi connectivity index (χ1n) is 6.90. The fourth-order valence-electron chi connectivity index (χ4n) is 2.21. The van der Waals surface area contributed by atoms with Crippen LogP contribution in [0.4, 0.5) is 13.6 Å². The Hall–Kier alpha value is -2.18. The average molecular weight is 366 g/mol. The highest BCUT2D eigenvalue weighted by Gasteiger charge is 2.36. The van der Waals surface area contributed by atoms with Gasteiger partial charge in [-0.05, 0) is 36.0 Å². The highest BCUT2D eigenvalue weighted by Crippen LogP contribution is 2.34. The second-order valence-electron chi connectivity index (χ2n) is 4.99. The summed E-state index contributed by atoms with van der Waals surface area (Å²) >= 11 is 6.61. The van der Waals surface area contributed by atoms with E-state index in [-0.39, 0.29) is 27.6 Å². The van der Waals surface area contributed by atoms with Gasteiger partial charge in [0.25, 0.3) is 11.1 Å². The molecule has 0 unspecified atom stereocenters. The van der Waals surface area contributed by atoms with E-state index in [9.17, 15) is 18.4 Å². The molecule has 1 saturated heterocycles. The number of halogens is 3. The Morgan fingerprint density at radius 3 is 2.46 bits per heavy atom. The molecular weight excluding hydrogens is 356 g/mol. The second kappa shape index (κ2) is 6.75. The van der Waals surface area contributed by atoms with E-state index < -0.39 is 22.8 Å². The fraction of sp³-hybridized carbons (Fsp3) is 0.0588. The van der Waals surface area contributed by atoms with E-state index in [0.717, 1.165) is 4.90 Å². The van der Waals surface area contributed by atoms with Crippen LogP contribution >= 0.6 is 23.4 Å². The summed E-state index contributed by atoms with van der Waals surface area (Å²) < 4.78 is 27.5. The minimum Gasteiger partial charge on any atom is -0.268 e. The normalized spacial score (nSPS) is 16.3. The molecular formula is C17H10ClF2NO2S. The van der Waals surface area contributed by atoms with E-state index in [1.165, 1.54) is 42.5 Å². The molecule has 2 aromatic rings. The molecule has 1 fully saturated rings. The molecule has 0 saturated carbocycles. The Kier molecular flexibility index (Phi) is 4.69. The average Bonchev–Trinajstić information content (AvgIpc) is 2.80. The van der Waals surface area contributed by atoms with Gasteiger partial charge in [-0.15, -0.1) is 0 Å². The summed E-state index contributed by atoms with van der Waals surface area (Å²) in [7, 11) is 0. The van der Waals surface area contributed by atoms with Crippen LogP contribution in [-0.4, -0.2) is 16.0 Å². The summed E-state index contributed by atoms with van der Waals surface area (Å²) in [6.45, 7) is -0.273. The first kappa shape index (κ1) is 16.7. The maximum absolute atomic E-state index is 13.9. The molecule has 3 nitrogen and oxygen atoms in total. The van der Waals surface area contributed by atoms with Gasteiger partial charge in [-0.25, -0.2) is 8.78 Å². The van der Waals surface area contributed by atoms with Crippen LogP contribution in [0.5, 0.6) is 0 Å². The molecule has 2 aromatic carbocycles. The lowest BCUT2D eigenvalue weighted by atomic mass is 10.2. The van der Waals surface area contributed by atoms with Gasteiger partial charge in [-0.2, -0.15) is 0 Å². The van der Waals surface area contributed by atoms with Gasteiger partial charge in [0.15, 0.2) is 0 Å². The van der Waals surface area contributed by atoms with E-state index in [1.54, 1.807) is 6.07 Å². The summed E-state index contributed by atoms with van der Waals surface area (Å²) in [4.78, 5) is 25.4. The van der Waals surface area contributed by atoms with Gasteiger partial charge in [0.1, 0.15) is 11.6 Å². The third-order valence-electron chi connectivity index (χ3n) is 3.44. The number of imide groups is 1. The van der Waals surface area contributed by atoms with Crippen LogP contribution in [0.2, 0.25) is 5.02 Å². The largest absolute Gasteiger partial charge is 0.293 e. The number of nitrogens with zero attached hydrogens (tertiary/aromatic N) is 1. The predicted octanol–water partition coefficient (Wildman–Crippen LogP) is 4.85. The Bertz CT molecular complexity index is 849. The van der Waals surface area contributed by atoms with Gasteiger partial charge < -0.3 is 0 Å². The van der Waals surface area contributed by atoms with Crippen LogP contribution < -0.4 is 0 Å². The molecule has 122 valence electrons. The highest BCUT2D eigenvalue weighted by molar-refractivity contribution is 8.18.